The maximum atomic E-state index is 6.16. The van der Waals surface area contributed by atoms with Gasteiger partial charge in [-0.3, -0.25) is 0 Å². The first-order chi connectivity index (χ1) is 8.99. The monoisotopic (exact) mass is 336 g/mol. The number of aryl methyl sites for hydroxylation is 1. The first kappa shape index (κ1) is 14.2. The molecule has 0 heterocycles. The summed E-state index contributed by atoms with van der Waals surface area (Å²) in [7, 11) is 0. The topological polar surface area (TPSA) is 9.23 Å². The lowest BCUT2D eigenvalue weighted by molar-refractivity contribution is 0.476. The molecule has 2 rings (SSSR count). The Kier molecular flexibility index (Phi) is 4.33. The SMILES string of the molecule is C=C(C)c1ccc(Oc2c(C)cccc2Cl)c(Br)c1. The Labute approximate surface area is 127 Å². The first-order valence-electron chi connectivity index (χ1n) is 5.87. The highest BCUT2D eigenvalue weighted by atomic mass is 79.9. The van der Waals surface area contributed by atoms with Gasteiger partial charge in [0.25, 0.3) is 0 Å². The number of hydrogen-bond donors (Lipinski definition) is 0. The highest BCUT2D eigenvalue weighted by molar-refractivity contribution is 9.10. The second kappa shape index (κ2) is 5.81. The molecule has 0 saturated heterocycles. The fraction of sp³-hybridized carbons (Fsp3) is 0.125. The number of halogens is 2. The molecule has 0 bridgehead atoms. The van der Waals surface area contributed by atoms with Crippen molar-refractivity contribution in [2.45, 2.75) is 13.8 Å². The van der Waals surface area contributed by atoms with Crippen molar-refractivity contribution in [1.82, 2.24) is 0 Å². The molecule has 0 N–H and O–H groups in total. The van der Waals surface area contributed by atoms with Crippen LogP contribution >= 0.6 is 27.5 Å². The van der Waals surface area contributed by atoms with Gasteiger partial charge in [0.1, 0.15) is 11.5 Å². The third kappa shape index (κ3) is 3.20. The van der Waals surface area contributed by atoms with Gasteiger partial charge in [0, 0.05) is 0 Å². The van der Waals surface area contributed by atoms with E-state index < -0.39 is 0 Å². The molecule has 1 nitrogen and oxygen atoms in total. The third-order valence-electron chi connectivity index (χ3n) is 2.80. The van der Waals surface area contributed by atoms with E-state index in [1.807, 2.05) is 50.2 Å². The summed E-state index contributed by atoms with van der Waals surface area (Å²) >= 11 is 9.67. The van der Waals surface area contributed by atoms with Crippen LogP contribution in [0.4, 0.5) is 0 Å². The van der Waals surface area contributed by atoms with Crippen molar-refractivity contribution in [1.29, 1.82) is 0 Å². The first-order valence-corrected chi connectivity index (χ1v) is 7.04. The highest BCUT2D eigenvalue weighted by Crippen LogP contribution is 2.36. The summed E-state index contributed by atoms with van der Waals surface area (Å²) in [5.41, 5.74) is 3.10. The molecule has 19 heavy (non-hydrogen) atoms. The standard InChI is InChI=1S/C16H14BrClO/c1-10(2)12-7-8-15(13(17)9-12)19-16-11(3)5-4-6-14(16)18/h4-9H,1H2,2-3H3. The van der Waals surface area contributed by atoms with Gasteiger partial charge in [0.15, 0.2) is 0 Å². The number of rotatable bonds is 3. The Bertz CT molecular complexity index is 614. The summed E-state index contributed by atoms with van der Waals surface area (Å²) in [6.07, 6.45) is 0. The number of hydrogen-bond acceptors (Lipinski definition) is 1. The zero-order chi connectivity index (χ0) is 14.0. The number of benzene rings is 2. The molecule has 0 aliphatic rings. The lowest BCUT2D eigenvalue weighted by Crippen LogP contribution is -1.90. The maximum absolute atomic E-state index is 6.16. The summed E-state index contributed by atoms with van der Waals surface area (Å²) < 4.78 is 6.78. The average molecular weight is 338 g/mol. The zero-order valence-electron chi connectivity index (χ0n) is 10.8. The molecule has 0 aliphatic heterocycles. The molecule has 0 spiro atoms. The van der Waals surface area contributed by atoms with Crippen LogP contribution in [-0.4, -0.2) is 0 Å². The Balaban J connectivity index is 2.36. The van der Waals surface area contributed by atoms with Crippen LogP contribution in [0.5, 0.6) is 11.5 Å². The van der Waals surface area contributed by atoms with E-state index in [1.54, 1.807) is 0 Å². The lowest BCUT2D eigenvalue weighted by atomic mass is 10.1. The Hall–Kier alpha value is -1.25. The van der Waals surface area contributed by atoms with E-state index in [1.165, 1.54) is 0 Å². The molecule has 98 valence electrons. The average Bonchev–Trinajstić information content (AvgIpc) is 2.35. The predicted molar refractivity (Wildman–Crippen MR) is 85.1 cm³/mol. The van der Waals surface area contributed by atoms with Crippen LogP contribution in [0, 0.1) is 6.92 Å². The van der Waals surface area contributed by atoms with Gasteiger partial charge >= 0.3 is 0 Å². The van der Waals surface area contributed by atoms with Gasteiger partial charge in [0.05, 0.1) is 9.50 Å². The maximum Gasteiger partial charge on any atom is 0.148 e. The van der Waals surface area contributed by atoms with E-state index in [2.05, 4.69) is 22.5 Å². The molecule has 0 saturated carbocycles. The van der Waals surface area contributed by atoms with Gasteiger partial charge < -0.3 is 4.74 Å². The molecule has 0 atom stereocenters. The van der Waals surface area contributed by atoms with Crippen molar-refractivity contribution < 1.29 is 4.74 Å². The van der Waals surface area contributed by atoms with Gasteiger partial charge in [-0.05, 0) is 59.1 Å². The van der Waals surface area contributed by atoms with Crippen molar-refractivity contribution in [3.8, 4) is 11.5 Å². The normalized spacial score (nSPS) is 10.3. The molecule has 2 aromatic carbocycles. The Morgan fingerprint density at radius 1 is 1.26 bits per heavy atom. The van der Waals surface area contributed by atoms with Crippen molar-refractivity contribution in [2.24, 2.45) is 0 Å². The Morgan fingerprint density at radius 2 is 2.00 bits per heavy atom. The van der Waals surface area contributed by atoms with Crippen molar-refractivity contribution in [3.05, 3.63) is 63.6 Å². The van der Waals surface area contributed by atoms with E-state index in [0.717, 1.165) is 26.9 Å². The molecule has 0 unspecified atom stereocenters. The smallest absolute Gasteiger partial charge is 0.148 e. The van der Waals surface area contributed by atoms with Gasteiger partial charge in [-0.15, -0.1) is 0 Å². The largest absolute Gasteiger partial charge is 0.454 e. The number of para-hydroxylation sites is 1. The van der Waals surface area contributed by atoms with Crippen LogP contribution in [0.15, 0.2) is 47.4 Å². The zero-order valence-corrected chi connectivity index (χ0v) is 13.2. The summed E-state index contributed by atoms with van der Waals surface area (Å²) in [4.78, 5) is 0. The quantitative estimate of drug-likeness (QED) is 0.644. The van der Waals surface area contributed by atoms with Crippen LogP contribution in [0.25, 0.3) is 5.57 Å². The number of ether oxygens (including phenoxy) is 1. The van der Waals surface area contributed by atoms with E-state index in [0.29, 0.717) is 10.8 Å². The van der Waals surface area contributed by atoms with E-state index in [4.69, 9.17) is 16.3 Å². The molecule has 2 aromatic rings. The van der Waals surface area contributed by atoms with Crippen LogP contribution in [-0.2, 0) is 0 Å². The molecular formula is C16H14BrClO. The minimum atomic E-state index is 0.607. The molecule has 0 aliphatic carbocycles. The summed E-state index contributed by atoms with van der Waals surface area (Å²) in [5.74, 6) is 1.43. The molecule has 0 radical (unpaired) electrons. The van der Waals surface area contributed by atoms with E-state index in [9.17, 15) is 0 Å². The lowest BCUT2D eigenvalue weighted by Gasteiger charge is -2.12. The highest BCUT2D eigenvalue weighted by Gasteiger charge is 2.09. The predicted octanol–water partition coefficient (Wildman–Crippen LogP) is 6.24. The van der Waals surface area contributed by atoms with Crippen molar-refractivity contribution >= 4 is 33.1 Å². The van der Waals surface area contributed by atoms with Crippen LogP contribution in [0.2, 0.25) is 5.02 Å². The molecule has 0 aromatic heterocycles. The molecule has 3 heteroatoms. The minimum absolute atomic E-state index is 0.607. The van der Waals surface area contributed by atoms with Crippen molar-refractivity contribution in [3.63, 3.8) is 0 Å². The summed E-state index contributed by atoms with van der Waals surface area (Å²) in [6, 6.07) is 11.6. The molecular weight excluding hydrogens is 324 g/mol. The van der Waals surface area contributed by atoms with Gasteiger partial charge in [-0.25, -0.2) is 0 Å². The summed E-state index contributed by atoms with van der Waals surface area (Å²) in [5, 5.41) is 0.607. The fourth-order valence-corrected chi connectivity index (χ4v) is 2.43. The fourth-order valence-electron chi connectivity index (χ4n) is 1.70. The van der Waals surface area contributed by atoms with Crippen LogP contribution in [0.1, 0.15) is 18.1 Å². The van der Waals surface area contributed by atoms with Crippen LogP contribution < -0.4 is 4.74 Å². The van der Waals surface area contributed by atoms with Gasteiger partial charge in [-0.1, -0.05) is 42.0 Å². The van der Waals surface area contributed by atoms with Crippen LogP contribution in [0.3, 0.4) is 0 Å². The molecule has 0 amide bonds. The molecule has 0 fully saturated rings. The van der Waals surface area contributed by atoms with Crippen molar-refractivity contribution in [2.75, 3.05) is 0 Å². The minimum Gasteiger partial charge on any atom is -0.454 e. The summed E-state index contributed by atoms with van der Waals surface area (Å²) in [6.45, 7) is 7.87. The van der Waals surface area contributed by atoms with Gasteiger partial charge in [0.2, 0.25) is 0 Å². The second-order valence-corrected chi connectivity index (χ2v) is 5.67. The Morgan fingerprint density at radius 3 is 2.58 bits per heavy atom. The number of allylic oxidation sites excluding steroid dienone is 1. The van der Waals surface area contributed by atoms with E-state index in [-0.39, 0.29) is 0 Å². The third-order valence-corrected chi connectivity index (χ3v) is 3.72. The van der Waals surface area contributed by atoms with Gasteiger partial charge in [-0.2, -0.15) is 0 Å². The van der Waals surface area contributed by atoms with E-state index >= 15 is 0 Å². The second-order valence-electron chi connectivity index (χ2n) is 4.41.